The van der Waals surface area contributed by atoms with E-state index in [1.54, 1.807) is 18.2 Å². The van der Waals surface area contributed by atoms with E-state index in [2.05, 4.69) is 41.1 Å². The number of benzene rings is 1. The van der Waals surface area contributed by atoms with Gasteiger partial charge in [-0.1, -0.05) is 0 Å². The predicted octanol–water partition coefficient (Wildman–Crippen LogP) is -3.19. The zero-order valence-corrected chi connectivity index (χ0v) is 22.8. The van der Waals surface area contributed by atoms with E-state index < -0.39 is 0 Å². The number of hydrogen-bond acceptors (Lipinski definition) is 9. The van der Waals surface area contributed by atoms with Gasteiger partial charge >= 0.3 is 11.9 Å². The molecule has 0 spiro atoms. The molecular weight excluding hydrogens is 516 g/mol. The fraction of sp³-hybridized carbons (Fsp3) is 0.630. The lowest BCUT2D eigenvalue weighted by Crippen LogP contribution is -2.61. The number of aliphatic hydroxyl groups is 3. The first-order valence-corrected chi connectivity index (χ1v) is 14.3. The SMILES string of the molecule is O=C(NC[C@@H]1CC[N+]2=C(N[C@H](CO)CC2)N1)c1cc(CO)cc(C(=O)NC[C@@H]2CC[N+]3=C(N[C@H](CO)CC3)N2)c1. The monoisotopic (exact) mass is 558 g/mol. The highest BCUT2D eigenvalue weighted by Crippen LogP contribution is 2.13. The highest BCUT2D eigenvalue weighted by Gasteiger charge is 2.33. The molecule has 0 bridgehead atoms. The number of rotatable bonds is 9. The minimum absolute atomic E-state index is 0.0303. The normalized spacial score (nSPS) is 25.9. The summed E-state index contributed by atoms with van der Waals surface area (Å²) in [6, 6.07) is 4.89. The van der Waals surface area contributed by atoms with Crippen molar-refractivity contribution in [3.8, 4) is 0 Å². The highest BCUT2D eigenvalue weighted by atomic mass is 16.3. The number of aliphatic hydroxyl groups excluding tert-OH is 3. The summed E-state index contributed by atoms with van der Waals surface area (Å²) in [7, 11) is 0. The molecule has 4 atom stereocenters. The van der Waals surface area contributed by atoms with Crippen LogP contribution in [0.3, 0.4) is 0 Å². The number of nitrogens with one attached hydrogen (secondary N) is 6. The second-order valence-corrected chi connectivity index (χ2v) is 11.1. The molecule has 0 fully saturated rings. The van der Waals surface area contributed by atoms with Crippen LogP contribution in [-0.2, 0) is 6.61 Å². The Morgan fingerprint density at radius 1 is 0.675 bits per heavy atom. The fourth-order valence-corrected chi connectivity index (χ4v) is 5.69. The molecule has 0 aromatic heterocycles. The molecule has 218 valence electrons. The van der Waals surface area contributed by atoms with Crippen LogP contribution in [0.15, 0.2) is 18.2 Å². The van der Waals surface area contributed by atoms with Crippen molar-refractivity contribution in [3.05, 3.63) is 34.9 Å². The van der Waals surface area contributed by atoms with E-state index in [0.717, 1.165) is 63.8 Å². The molecule has 1 aromatic carbocycles. The lowest BCUT2D eigenvalue weighted by Gasteiger charge is -2.31. The van der Waals surface area contributed by atoms with Crippen molar-refractivity contribution < 1.29 is 34.1 Å². The smallest absolute Gasteiger partial charge is 0.346 e. The summed E-state index contributed by atoms with van der Waals surface area (Å²) < 4.78 is 4.43. The number of guanidine groups is 2. The maximum Gasteiger partial charge on any atom is 0.346 e. The molecule has 4 aliphatic heterocycles. The summed E-state index contributed by atoms with van der Waals surface area (Å²) in [6.07, 6.45) is 3.50. The van der Waals surface area contributed by atoms with Crippen molar-refractivity contribution >= 4 is 23.7 Å². The molecule has 0 saturated heterocycles. The Morgan fingerprint density at radius 2 is 1.07 bits per heavy atom. The quantitative estimate of drug-likeness (QED) is 0.142. The van der Waals surface area contributed by atoms with Crippen molar-refractivity contribution in [2.75, 3.05) is 52.5 Å². The number of carbonyl (C=O) groups excluding carboxylic acids is 2. The van der Waals surface area contributed by atoms with E-state index in [4.69, 9.17) is 0 Å². The van der Waals surface area contributed by atoms with Crippen LogP contribution in [0.2, 0.25) is 0 Å². The average Bonchev–Trinajstić information content (AvgIpc) is 3.01. The molecule has 4 aliphatic rings. The van der Waals surface area contributed by atoms with E-state index in [9.17, 15) is 24.9 Å². The van der Waals surface area contributed by atoms with Crippen molar-refractivity contribution in [3.63, 3.8) is 0 Å². The molecule has 2 amide bonds. The number of amides is 2. The topological polar surface area (TPSA) is 173 Å². The largest absolute Gasteiger partial charge is 0.393 e. The van der Waals surface area contributed by atoms with E-state index in [1.807, 2.05) is 0 Å². The van der Waals surface area contributed by atoms with E-state index in [0.29, 0.717) is 29.8 Å². The van der Waals surface area contributed by atoms with Crippen molar-refractivity contribution in [1.82, 2.24) is 31.9 Å². The van der Waals surface area contributed by atoms with Crippen molar-refractivity contribution in [1.29, 1.82) is 0 Å². The molecule has 1 aromatic rings. The Kier molecular flexibility index (Phi) is 9.02. The third-order valence-corrected chi connectivity index (χ3v) is 8.14. The van der Waals surface area contributed by atoms with E-state index in [1.165, 1.54) is 0 Å². The van der Waals surface area contributed by atoms with Crippen molar-refractivity contribution in [2.45, 2.75) is 56.5 Å². The molecule has 13 heteroatoms. The van der Waals surface area contributed by atoms with Gasteiger partial charge in [0.2, 0.25) is 0 Å². The Bertz CT molecular complexity index is 1090. The zero-order chi connectivity index (χ0) is 28.1. The summed E-state index contributed by atoms with van der Waals surface area (Å²) in [5, 5.41) is 48.1. The molecule has 0 unspecified atom stereocenters. The second-order valence-electron chi connectivity index (χ2n) is 11.1. The zero-order valence-electron chi connectivity index (χ0n) is 22.8. The van der Waals surface area contributed by atoms with Gasteiger partial charge in [-0.3, -0.25) is 40.0 Å². The van der Waals surface area contributed by atoms with Crippen LogP contribution in [0.4, 0.5) is 0 Å². The average molecular weight is 559 g/mol. The minimum Gasteiger partial charge on any atom is -0.393 e. The molecular formula is C27H42N8O5+2. The van der Waals surface area contributed by atoms with Gasteiger partial charge in [0.05, 0.1) is 71.2 Å². The van der Waals surface area contributed by atoms with Crippen LogP contribution in [-0.4, -0.2) is 125 Å². The number of carbonyl (C=O) groups is 2. The molecule has 9 N–H and O–H groups in total. The van der Waals surface area contributed by atoms with Gasteiger partial charge in [0.15, 0.2) is 0 Å². The van der Waals surface area contributed by atoms with Crippen LogP contribution < -0.4 is 31.9 Å². The van der Waals surface area contributed by atoms with E-state index >= 15 is 0 Å². The van der Waals surface area contributed by atoms with Gasteiger partial charge in [-0.15, -0.1) is 0 Å². The summed E-state index contributed by atoms with van der Waals surface area (Å²) in [5.74, 6) is 1.16. The van der Waals surface area contributed by atoms with Crippen LogP contribution in [0.5, 0.6) is 0 Å². The first-order chi connectivity index (χ1) is 19.4. The molecule has 0 radical (unpaired) electrons. The van der Waals surface area contributed by atoms with Crippen LogP contribution >= 0.6 is 0 Å². The minimum atomic E-state index is -0.310. The van der Waals surface area contributed by atoms with Gasteiger partial charge in [0, 0.05) is 36.8 Å². The van der Waals surface area contributed by atoms with E-state index in [-0.39, 0.29) is 55.8 Å². The third kappa shape index (κ3) is 6.65. The summed E-state index contributed by atoms with van der Waals surface area (Å²) in [4.78, 5) is 26.1. The third-order valence-electron chi connectivity index (χ3n) is 8.14. The highest BCUT2D eigenvalue weighted by molar-refractivity contribution is 6.00. The molecule has 40 heavy (non-hydrogen) atoms. The lowest BCUT2D eigenvalue weighted by molar-refractivity contribution is -0.542. The summed E-state index contributed by atoms with van der Waals surface area (Å²) in [5.41, 5.74) is 1.13. The van der Waals surface area contributed by atoms with Gasteiger partial charge in [0.1, 0.15) is 12.1 Å². The van der Waals surface area contributed by atoms with Crippen molar-refractivity contribution in [2.24, 2.45) is 0 Å². The number of nitrogens with zero attached hydrogens (tertiary/aromatic N) is 2. The standard InChI is InChI=1S/C27H40N8O5/c36-14-17-9-18(24(39)28-12-20-1-5-34-7-3-22(15-37)32-26(34)30-20)11-19(10-17)25(40)29-13-21-2-6-35-8-4-23(16-38)33-27(35)31-21/h9-11,20-23,36-38H,1-8,12-16H2,(H4,28,29,30,31,32,33,39,40)/p+2/t20-,21-,22-,23-/m0/s1. The summed E-state index contributed by atoms with van der Waals surface area (Å²) in [6.45, 7) is 4.18. The molecule has 4 heterocycles. The van der Waals surface area contributed by atoms with Gasteiger partial charge in [0.25, 0.3) is 11.8 Å². The molecule has 13 nitrogen and oxygen atoms in total. The van der Waals surface area contributed by atoms with Gasteiger partial charge in [-0.2, -0.15) is 0 Å². The summed E-state index contributed by atoms with van der Waals surface area (Å²) >= 11 is 0. The van der Waals surface area contributed by atoms with Crippen LogP contribution in [0, 0.1) is 0 Å². The predicted molar refractivity (Wildman–Crippen MR) is 147 cm³/mol. The second kappa shape index (κ2) is 12.8. The van der Waals surface area contributed by atoms with Gasteiger partial charge in [-0.05, 0) is 23.8 Å². The number of hydrogen-bond donors (Lipinski definition) is 9. The van der Waals surface area contributed by atoms with Crippen LogP contribution in [0.1, 0.15) is 52.0 Å². The maximum absolute atomic E-state index is 13.0. The molecule has 0 aliphatic carbocycles. The Morgan fingerprint density at radius 3 is 1.48 bits per heavy atom. The first kappa shape index (κ1) is 28.1. The van der Waals surface area contributed by atoms with Gasteiger partial charge < -0.3 is 26.0 Å². The van der Waals surface area contributed by atoms with Gasteiger partial charge in [-0.25, -0.2) is 0 Å². The fourth-order valence-electron chi connectivity index (χ4n) is 5.69. The molecule has 5 rings (SSSR count). The Balaban J connectivity index is 1.15. The Hall–Kier alpha value is -3.42. The Labute approximate surface area is 233 Å². The van der Waals surface area contributed by atoms with Crippen LogP contribution in [0.25, 0.3) is 0 Å². The lowest BCUT2D eigenvalue weighted by atomic mass is 10.0. The first-order valence-electron chi connectivity index (χ1n) is 14.3. The molecule has 0 saturated carbocycles. The maximum atomic E-state index is 13.0.